The first-order valence-electron chi connectivity index (χ1n) is 10.7. The maximum absolute atomic E-state index is 12.5. The molecule has 1 aliphatic carbocycles. The van der Waals surface area contributed by atoms with Gasteiger partial charge in [-0.05, 0) is 63.7 Å². The molecule has 4 heteroatoms. The minimum atomic E-state index is 0.231. The van der Waals surface area contributed by atoms with Crippen molar-refractivity contribution in [2.45, 2.75) is 77.7 Å². The second kappa shape index (κ2) is 11.3. The highest BCUT2D eigenvalue weighted by atomic mass is 16.5. The molecule has 1 saturated carbocycles. The molecule has 1 N–H and O–H groups in total. The molecule has 27 heavy (non-hydrogen) atoms. The van der Waals surface area contributed by atoms with Gasteiger partial charge >= 0.3 is 0 Å². The van der Waals surface area contributed by atoms with E-state index in [4.69, 9.17) is 4.74 Å². The maximum Gasteiger partial charge on any atom is 0.136 e. The molecule has 0 aromatic heterocycles. The average molecular weight is 376 g/mol. The summed E-state index contributed by atoms with van der Waals surface area (Å²) in [6.45, 7) is 6.45. The Hall–Kier alpha value is -1.55. The lowest BCUT2D eigenvalue weighted by Gasteiger charge is -2.29. The third-order valence-corrected chi connectivity index (χ3v) is 5.85. The number of ether oxygens (including phenoxy) is 1. The highest BCUT2D eigenvalue weighted by molar-refractivity contribution is 5.81. The van der Waals surface area contributed by atoms with Crippen LogP contribution in [0.3, 0.4) is 0 Å². The van der Waals surface area contributed by atoms with E-state index in [1.807, 2.05) is 6.07 Å². The molecule has 1 aromatic carbocycles. The summed E-state index contributed by atoms with van der Waals surface area (Å²) in [5.74, 6) is 1.79. The molecule has 0 bridgehead atoms. The van der Waals surface area contributed by atoms with E-state index >= 15 is 0 Å². The monoisotopic (exact) mass is 375 g/mol. The molecule has 0 aliphatic heterocycles. The summed E-state index contributed by atoms with van der Waals surface area (Å²) in [4.78, 5) is 14.9. The highest BCUT2D eigenvalue weighted by Gasteiger charge is 2.21. The van der Waals surface area contributed by atoms with E-state index in [0.717, 1.165) is 62.9 Å². The minimum Gasteiger partial charge on any atom is -0.508 e. The van der Waals surface area contributed by atoms with E-state index in [0.29, 0.717) is 17.7 Å². The van der Waals surface area contributed by atoms with Crippen LogP contribution in [-0.4, -0.2) is 42.0 Å². The molecule has 1 aromatic rings. The molecule has 4 nitrogen and oxygen atoms in total. The summed E-state index contributed by atoms with van der Waals surface area (Å²) in [5.41, 5.74) is 1.11. The maximum atomic E-state index is 12.5. The molecule has 0 heterocycles. The number of hydrogen-bond donors (Lipinski definition) is 1. The van der Waals surface area contributed by atoms with Crippen molar-refractivity contribution in [2.24, 2.45) is 5.92 Å². The largest absolute Gasteiger partial charge is 0.508 e. The van der Waals surface area contributed by atoms with Gasteiger partial charge in [0.1, 0.15) is 17.3 Å². The molecule has 0 radical (unpaired) electrons. The standard InChI is InChI=1S/C23H37NO3/c1-4-14-24(15-8-11-22(26)19-9-6-5-7-10-19)18(2)16-20-12-13-21(25)17-23(20)27-3/h12-13,17-19,25H,4-11,14-16H2,1-3H3. The second-order valence-electron chi connectivity index (χ2n) is 7.99. The van der Waals surface area contributed by atoms with Gasteiger partial charge in [-0.2, -0.15) is 0 Å². The topological polar surface area (TPSA) is 49.8 Å². The minimum absolute atomic E-state index is 0.231. The van der Waals surface area contributed by atoms with Gasteiger partial charge < -0.3 is 14.7 Å². The van der Waals surface area contributed by atoms with Gasteiger partial charge in [0.25, 0.3) is 0 Å². The van der Waals surface area contributed by atoms with Crippen LogP contribution in [0, 0.1) is 5.92 Å². The molecule has 2 rings (SSSR count). The number of methoxy groups -OCH3 is 1. The van der Waals surface area contributed by atoms with Crippen LogP contribution in [0.1, 0.15) is 70.8 Å². The van der Waals surface area contributed by atoms with Crippen LogP contribution in [0.15, 0.2) is 18.2 Å². The molecule has 1 fully saturated rings. The molecular weight excluding hydrogens is 338 g/mol. The molecule has 1 unspecified atom stereocenters. The first-order valence-corrected chi connectivity index (χ1v) is 10.7. The predicted molar refractivity (Wildman–Crippen MR) is 111 cm³/mol. The first-order chi connectivity index (χ1) is 13.0. The van der Waals surface area contributed by atoms with Crippen LogP contribution in [0.2, 0.25) is 0 Å². The number of aromatic hydroxyl groups is 1. The summed E-state index contributed by atoms with van der Waals surface area (Å²) in [6, 6.07) is 5.71. The number of nitrogens with zero attached hydrogens (tertiary/aromatic N) is 1. The number of carbonyl (C=O) groups excluding carboxylic acids is 1. The molecule has 0 saturated heterocycles. The zero-order valence-corrected chi connectivity index (χ0v) is 17.4. The van der Waals surface area contributed by atoms with Crippen LogP contribution >= 0.6 is 0 Å². The van der Waals surface area contributed by atoms with Gasteiger partial charge in [-0.25, -0.2) is 0 Å². The Labute approximate surface area is 164 Å². The van der Waals surface area contributed by atoms with Crippen molar-refractivity contribution in [3.8, 4) is 11.5 Å². The highest BCUT2D eigenvalue weighted by Crippen LogP contribution is 2.27. The first kappa shape index (κ1) is 21.7. The second-order valence-corrected chi connectivity index (χ2v) is 7.99. The smallest absolute Gasteiger partial charge is 0.136 e. The molecule has 1 atom stereocenters. The molecular formula is C23H37NO3. The SMILES string of the molecule is CCCN(CCCC(=O)C1CCCCC1)C(C)Cc1ccc(O)cc1OC. The fraction of sp³-hybridized carbons (Fsp3) is 0.696. The van der Waals surface area contributed by atoms with Crippen LogP contribution in [0.5, 0.6) is 11.5 Å². The lowest BCUT2D eigenvalue weighted by Crippen LogP contribution is -2.36. The van der Waals surface area contributed by atoms with Gasteiger partial charge in [0.15, 0.2) is 0 Å². The van der Waals surface area contributed by atoms with Gasteiger partial charge in [-0.1, -0.05) is 32.3 Å². The summed E-state index contributed by atoms with van der Waals surface area (Å²) < 4.78 is 5.42. The number of rotatable bonds is 11. The quantitative estimate of drug-likeness (QED) is 0.593. The molecule has 1 aliphatic rings. The fourth-order valence-corrected chi connectivity index (χ4v) is 4.27. The summed E-state index contributed by atoms with van der Waals surface area (Å²) in [7, 11) is 1.64. The Morgan fingerprint density at radius 2 is 2.00 bits per heavy atom. The van der Waals surface area contributed by atoms with Gasteiger partial charge in [-0.15, -0.1) is 0 Å². The predicted octanol–water partition coefficient (Wildman–Crippen LogP) is 4.97. The Balaban J connectivity index is 1.86. The Kier molecular flexibility index (Phi) is 9.12. The average Bonchev–Trinajstić information content (AvgIpc) is 2.69. The van der Waals surface area contributed by atoms with E-state index in [2.05, 4.69) is 18.7 Å². The number of phenols is 1. The fourth-order valence-electron chi connectivity index (χ4n) is 4.27. The lowest BCUT2D eigenvalue weighted by molar-refractivity contribution is -0.124. The van der Waals surface area contributed by atoms with Crippen molar-refractivity contribution in [1.29, 1.82) is 0 Å². The Bertz CT molecular complexity index is 581. The summed E-state index contributed by atoms with van der Waals surface area (Å²) in [5, 5.41) is 9.65. The van der Waals surface area contributed by atoms with Crippen molar-refractivity contribution in [1.82, 2.24) is 4.90 Å². The third kappa shape index (κ3) is 6.84. The zero-order valence-electron chi connectivity index (χ0n) is 17.4. The number of phenolic OH excluding ortho intramolecular Hbond substituents is 1. The Morgan fingerprint density at radius 3 is 2.67 bits per heavy atom. The number of carbonyl (C=O) groups is 1. The van der Waals surface area contributed by atoms with Gasteiger partial charge in [0, 0.05) is 24.4 Å². The molecule has 0 amide bonds. The van der Waals surface area contributed by atoms with Gasteiger partial charge in [-0.3, -0.25) is 4.79 Å². The van der Waals surface area contributed by atoms with Crippen molar-refractivity contribution in [3.63, 3.8) is 0 Å². The number of benzene rings is 1. The van der Waals surface area contributed by atoms with Crippen LogP contribution in [-0.2, 0) is 11.2 Å². The summed E-state index contributed by atoms with van der Waals surface area (Å²) >= 11 is 0. The van der Waals surface area contributed by atoms with Gasteiger partial charge in [0.2, 0.25) is 0 Å². The van der Waals surface area contributed by atoms with Gasteiger partial charge in [0.05, 0.1) is 7.11 Å². The number of ketones is 1. The van der Waals surface area contributed by atoms with E-state index in [-0.39, 0.29) is 5.75 Å². The van der Waals surface area contributed by atoms with Crippen molar-refractivity contribution >= 4 is 5.78 Å². The van der Waals surface area contributed by atoms with E-state index in [1.54, 1.807) is 19.2 Å². The van der Waals surface area contributed by atoms with Crippen LogP contribution in [0.25, 0.3) is 0 Å². The van der Waals surface area contributed by atoms with Crippen molar-refractivity contribution in [2.75, 3.05) is 20.2 Å². The van der Waals surface area contributed by atoms with Crippen molar-refractivity contribution in [3.05, 3.63) is 23.8 Å². The van der Waals surface area contributed by atoms with Crippen molar-refractivity contribution < 1.29 is 14.6 Å². The van der Waals surface area contributed by atoms with E-state index < -0.39 is 0 Å². The number of Topliss-reactive ketones (excluding diaryl/α,β-unsaturated/α-hetero) is 1. The molecule has 152 valence electrons. The van der Waals surface area contributed by atoms with E-state index in [1.165, 1.54) is 19.3 Å². The molecule has 0 spiro atoms. The third-order valence-electron chi connectivity index (χ3n) is 5.85. The number of hydrogen-bond acceptors (Lipinski definition) is 4. The van der Waals surface area contributed by atoms with Crippen LogP contribution in [0.4, 0.5) is 0 Å². The zero-order chi connectivity index (χ0) is 19.6. The normalized spacial score (nSPS) is 16.4. The van der Waals surface area contributed by atoms with E-state index in [9.17, 15) is 9.90 Å². The Morgan fingerprint density at radius 1 is 1.26 bits per heavy atom. The van der Waals surface area contributed by atoms with Crippen LogP contribution < -0.4 is 4.74 Å². The summed E-state index contributed by atoms with van der Waals surface area (Å²) in [6.07, 6.45) is 9.61. The lowest BCUT2D eigenvalue weighted by atomic mass is 9.85.